The van der Waals surface area contributed by atoms with Gasteiger partial charge in [0.25, 0.3) is 0 Å². The van der Waals surface area contributed by atoms with Gasteiger partial charge in [-0.2, -0.15) is 0 Å². The van der Waals surface area contributed by atoms with Crippen LogP contribution in [0.2, 0.25) is 0 Å². The molecule has 0 saturated carbocycles. The number of hydrogen-bond acceptors (Lipinski definition) is 3. The molecule has 0 aliphatic rings. The van der Waals surface area contributed by atoms with Crippen LogP contribution < -0.4 is 5.73 Å². The molecule has 92 valence electrons. The number of nitrogens with two attached hydrogens (primary N) is 1. The number of aliphatic hydroxyl groups excluding tert-OH is 1. The molecule has 17 heavy (non-hydrogen) atoms. The predicted octanol–water partition coefficient (Wildman–Crippen LogP) is 2.20. The fraction of sp³-hybridized carbons (Fsp3) is 0.417. The fourth-order valence-electron chi connectivity index (χ4n) is 2.00. The Morgan fingerprint density at radius 2 is 2.29 bits per heavy atom. The van der Waals surface area contributed by atoms with E-state index in [0.29, 0.717) is 18.8 Å². The normalized spacial score (nSPS) is 13.2. The Bertz CT molecular complexity index is 524. The smallest absolute Gasteiger partial charge is 0.138 e. The quantitative estimate of drug-likeness (QED) is 0.909. The average Bonchev–Trinajstić information content (AvgIpc) is 2.66. The average molecular weight is 298 g/mol. The predicted molar refractivity (Wildman–Crippen MR) is 71.7 cm³/mol. The van der Waals surface area contributed by atoms with Gasteiger partial charge in [0, 0.05) is 11.0 Å². The molecule has 5 heteroatoms. The summed E-state index contributed by atoms with van der Waals surface area (Å²) in [6.07, 6.45) is -0.0593. The first-order chi connectivity index (χ1) is 8.17. The first-order valence-corrected chi connectivity index (χ1v) is 6.50. The summed E-state index contributed by atoms with van der Waals surface area (Å²) in [5.74, 6) is 0.700. The molecule has 2 aromatic rings. The van der Waals surface area contributed by atoms with Gasteiger partial charge in [0.2, 0.25) is 0 Å². The van der Waals surface area contributed by atoms with E-state index in [4.69, 9.17) is 5.73 Å². The molecule has 0 spiro atoms. The van der Waals surface area contributed by atoms with E-state index in [-0.39, 0.29) is 0 Å². The molecule has 3 N–H and O–H groups in total. The maximum atomic E-state index is 10.0. The summed E-state index contributed by atoms with van der Waals surface area (Å²) in [7, 11) is 0. The van der Waals surface area contributed by atoms with Crippen molar-refractivity contribution < 1.29 is 5.11 Å². The van der Waals surface area contributed by atoms with Crippen LogP contribution in [0.4, 0.5) is 0 Å². The van der Waals surface area contributed by atoms with Crippen molar-refractivity contribution in [1.82, 2.24) is 9.55 Å². The summed E-state index contributed by atoms with van der Waals surface area (Å²) in [6, 6.07) is 5.95. The van der Waals surface area contributed by atoms with Crippen LogP contribution in [-0.4, -0.2) is 21.2 Å². The highest BCUT2D eigenvalue weighted by Crippen LogP contribution is 2.24. The van der Waals surface area contributed by atoms with Crippen molar-refractivity contribution >= 4 is 27.0 Å². The number of aryl methyl sites for hydroxylation is 1. The molecule has 0 aliphatic heterocycles. The summed E-state index contributed by atoms with van der Waals surface area (Å²) in [4.78, 5) is 4.49. The fourth-order valence-corrected chi connectivity index (χ4v) is 2.34. The summed E-state index contributed by atoms with van der Waals surface area (Å²) >= 11 is 3.42. The second kappa shape index (κ2) is 5.16. The summed E-state index contributed by atoms with van der Waals surface area (Å²) in [5.41, 5.74) is 7.41. The van der Waals surface area contributed by atoms with Crippen LogP contribution in [-0.2, 0) is 6.54 Å². The molecular weight excluding hydrogens is 282 g/mol. The summed E-state index contributed by atoms with van der Waals surface area (Å²) in [6.45, 7) is 3.29. The van der Waals surface area contributed by atoms with Crippen LogP contribution in [0, 0.1) is 0 Å². The lowest BCUT2D eigenvalue weighted by molar-refractivity contribution is 0.156. The Morgan fingerprint density at radius 3 is 2.94 bits per heavy atom. The van der Waals surface area contributed by atoms with E-state index in [9.17, 15) is 5.11 Å². The van der Waals surface area contributed by atoms with Gasteiger partial charge in [-0.15, -0.1) is 0 Å². The van der Waals surface area contributed by atoms with Gasteiger partial charge in [-0.1, -0.05) is 15.9 Å². The van der Waals surface area contributed by atoms with E-state index in [1.54, 1.807) is 0 Å². The second-order valence-corrected chi connectivity index (χ2v) is 4.86. The van der Waals surface area contributed by atoms with Crippen molar-refractivity contribution in [3.05, 3.63) is 28.5 Å². The Labute approximate surface area is 109 Å². The van der Waals surface area contributed by atoms with Crippen molar-refractivity contribution in [2.75, 3.05) is 6.54 Å². The van der Waals surface area contributed by atoms with Crippen molar-refractivity contribution in [3.8, 4) is 0 Å². The highest BCUT2D eigenvalue weighted by atomic mass is 79.9. The molecule has 1 heterocycles. The topological polar surface area (TPSA) is 64.1 Å². The van der Waals surface area contributed by atoms with Gasteiger partial charge in [-0.05, 0) is 38.1 Å². The number of nitrogens with zero attached hydrogens (tertiary/aromatic N) is 2. The van der Waals surface area contributed by atoms with E-state index in [2.05, 4.69) is 20.9 Å². The van der Waals surface area contributed by atoms with Gasteiger partial charge in [-0.25, -0.2) is 4.98 Å². The number of aromatic nitrogens is 2. The highest BCUT2D eigenvalue weighted by Gasteiger charge is 2.16. The molecule has 1 aromatic carbocycles. The Hall–Kier alpha value is -0.910. The van der Waals surface area contributed by atoms with Crippen molar-refractivity contribution in [3.63, 3.8) is 0 Å². The van der Waals surface area contributed by atoms with Crippen molar-refractivity contribution in [2.24, 2.45) is 5.73 Å². The first kappa shape index (κ1) is 12.5. The van der Waals surface area contributed by atoms with E-state index in [0.717, 1.165) is 22.1 Å². The molecule has 1 unspecified atom stereocenters. The molecule has 0 amide bonds. The molecule has 0 radical (unpaired) electrons. The number of halogens is 1. The largest absolute Gasteiger partial charge is 0.385 e. The lowest BCUT2D eigenvalue weighted by Gasteiger charge is -2.11. The van der Waals surface area contributed by atoms with E-state index in [1.807, 2.05) is 29.7 Å². The molecule has 2 rings (SSSR count). The van der Waals surface area contributed by atoms with Gasteiger partial charge < -0.3 is 15.4 Å². The van der Waals surface area contributed by atoms with Gasteiger partial charge in [0.1, 0.15) is 11.9 Å². The van der Waals surface area contributed by atoms with Crippen molar-refractivity contribution in [1.29, 1.82) is 0 Å². The third kappa shape index (κ3) is 2.36. The van der Waals surface area contributed by atoms with Gasteiger partial charge in [0.05, 0.1) is 11.0 Å². The van der Waals surface area contributed by atoms with E-state index >= 15 is 0 Å². The van der Waals surface area contributed by atoms with Crippen LogP contribution in [0.25, 0.3) is 11.0 Å². The standard InChI is InChI=1S/C12H16BrN3O/c1-2-16-10-4-3-8(13)7-9(10)15-12(16)11(17)5-6-14/h3-4,7,11,17H,2,5-6,14H2,1H3. The molecule has 0 saturated heterocycles. The maximum absolute atomic E-state index is 10.0. The number of hydrogen-bond donors (Lipinski definition) is 2. The SMILES string of the molecule is CCn1c(C(O)CCN)nc2cc(Br)ccc21. The summed E-state index contributed by atoms with van der Waals surface area (Å²) in [5, 5.41) is 10.0. The maximum Gasteiger partial charge on any atom is 0.138 e. The van der Waals surface area contributed by atoms with E-state index < -0.39 is 6.10 Å². The molecule has 1 aromatic heterocycles. The van der Waals surface area contributed by atoms with E-state index in [1.165, 1.54) is 0 Å². The van der Waals surface area contributed by atoms with Crippen LogP contribution in [0.1, 0.15) is 25.3 Å². The monoisotopic (exact) mass is 297 g/mol. The molecule has 1 atom stereocenters. The highest BCUT2D eigenvalue weighted by molar-refractivity contribution is 9.10. The van der Waals surface area contributed by atoms with Gasteiger partial charge >= 0.3 is 0 Å². The number of fused-ring (bicyclic) bond motifs is 1. The number of rotatable bonds is 4. The van der Waals surface area contributed by atoms with Crippen molar-refractivity contribution in [2.45, 2.75) is 26.0 Å². The number of benzene rings is 1. The third-order valence-corrected chi connectivity index (χ3v) is 3.29. The van der Waals surface area contributed by atoms with Gasteiger partial charge in [0.15, 0.2) is 0 Å². The van der Waals surface area contributed by atoms with Crippen LogP contribution in [0.3, 0.4) is 0 Å². The number of imidazole rings is 1. The molecular formula is C12H16BrN3O. The number of aliphatic hydroxyl groups is 1. The Morgan fingerprint density at radius 1 is 1.53 bits per heavy atom. The Balaban J connectivity index is 2.55. The zero-order chi connectivity index (χ0) is 12.4. The minimum Gasteiger partial charge on any atom is -0.385 e. The van der Waals surface area contributed by atoms with Crippen LogP contribution in [0.5, 0.6) is 0 Å². The summed E-state index contributed by atoms with van der Waals surface area (Å²) < 4.78 is 3.02. The zero-order valence-corrected chi connectivity index (χ0v) is 11.3. The van der Waals surface area contributed by atoms with Gasteiger partial charge in [-0.3, -0.25) is 0 Å². The third-order valence-electron chi connectivity index (χ3n) is 2.79. The molecule has 4 nitrogen and oxygen atoms in total. The van der Waals surface area contributed by atoms with Crippen LogP contribution >= 0.6 is 15.9 Å². The first-order valence-electron chi connectivity index (χ1n) is 5.71. The molecule has 0 bridgehead atoms. The van der Waals surface area contributed by atoms with Crippen LogP contribution in [0.15, 0.2) is 22.7 Å². The minimum absolute atomic E-state index is 0.456. The Kier molecular flexibility index (Phi) is 3.81. The lowest BCUT2D eigenvalue weighted by Crippen LogP contribution is -2.12. The molecule has 0 fully saturated rings. The zero-order valence-electron chi connectivity index (χ0n) is 9.73. The molecule has 0 aliphatic carbocycles. The minimum atomic E-state index is -0.592. The lowest BCUT2D eigenvalue weighted by atomic mass is 10.2. The second-order valence-electron chi connectivity index (χ2n) is 3.94.